The van der Waals surface area contributed by atoms with Gasteiger partial charge in [0.2, 0.25) is 11.8 Å². The number of carboxylic acid groups (broad SMARTS) is 1. The summed E-state index contributed by atoms with van der Waals surface area (Å²) >= 11 is 0. The number of aliphatic hydroxyl groups is 3. The van der Waals surface area contributed by atoms with Crippen molar-refractivity contribution in [2.24, 2.45) is 0 Å². The van der Waals surface area contributed by atoms with Crippen LogP contribution in [0.25, 0.3) is 0 Å². The molecule has 1 aromatic carbocycles. The average molecular weight is 854 g/mol. The fourth-order valence-electron chi connectivity index (χ4n) is 7.75. The minimum absolute atomic E-state index is 0.0932. The summed E-state index contributed by atoms with van der Waals surface area (Å²) < 4.78 is 0. The highest BCUT2D eigenvalue weighted by Gasteiger charge is 2.51. The van der Waals surface area contributed by atoms with Gasteiger partial charge in [0, 0.05) is 225 Å². The second kappa shape index (κ2) is 33.5. The summed E-state index contributed by atoms with van der Waals surface area (Å²) in [5.41, 5.74) is -1.51. The number of nitrogens with one attached hydrogen (secondary N) is 4. The third-order valence-corrected chi connectivity index (χ3v) is 11.5. The van der Waals surface area contributed by atoms with Gasteiger partial charge >= 0.3 is 13.1 Å². The third kappa shape index (κ3) is 22.0. The lowest BCUT2D eigenvalue weighted by atomic mass is 8.32. The van der Waals surface area contributed by atoms with E-state index in [2.05, 4.69) is 21.3 Å². The fourth-order valence-corrected chi connectivity index (χ4v) is 7.75. The molecule has 299 valence electrons. The predicted molar refractivity (Wildman–Crippen MR) is 303 cm³/mol. The molecule has 3 amide bonds. The van der Waals surface area contributed by atoms with Gasteiger partial charge in [-0.15, -0.1) is 0 Å². The summed E-state index contributed by atoms with van der Waals surface area (Å²) in [7, 11) is 91.0. The number of aliphatic hydroxyl groups excluding tert-OH is 3. The molecular formula is C23H37B30N4O10. The maximum absolute atomic E-state index is 12.9. The summed E-state index contributed by atoms with van der Waals surface area (Å²) in [5, 5.41) is 66.1. The number of amides is 3. The monoisotopic (exact) mass is 860 g/mol. The second-order valence-corrected chi connectivity index (χ2v) is 16.5. The zero-order valence-corrected chi connectivity index (χ0v) is 38.0. The Labute approximate surface area is 424 Å². The van der Waals surface area contributed by atoms with E-state index >= 15 is 0 Å². The number of aliphatic carboxylic acids is 1. The van der Waals surface area contributed by atoms with E-state index in [0.29, 0.717) is 19.3 Å². The van der Waals surface area contributed by atoms with Crippen LogP contribution in [0.4, 0.5) is 0 Å². The molecular weight excluding hydrogens is 817 g/mol. The third-order valence-electron chi connectivity index (χ3n) is 11.5. The molecule has 10 N–H and O–H groups in total. The molecule has 0 aliphatic carbocycles. The topological polar surface area (TPSA) is 238 Å². The van der Waals surface area contributed by atoms with Gasteiger partial charge in [-0.05, 0) is 50.3 Å². The fraction of sp³-hybridized carbons (Fsp3) is 0.565. The van der Waals surface area contributed by atoms with Crippen molar-refractivity contribution in [3.63, 3.8) is 0 Å². The standard InChI is InChI=1S/C23H37BN4O10.B29/c1-25-18(22(35)36)4-2-3-11-26-19(32)10-9-17(21(34)28-23(12-29,13-30)14-31)27-20(33)15-5-7-16(8-6-15)24(37)38;1-16-24(17(2)3)28(25(18(4)5)19(6)7)29(26(20(8)9)21(10)11)27(22(12)13)23(14)15/h5-8,17-18,25,29-31,37-38H,2-4,9-14H2,1H3,(H,26,32)(H,27,33)(H,28,34)(H,35,36);/t17-,18-;/m0./s1. The minimum Gasteiger partial charge on any atom is -0.480 e. The van der Waals surface area contributed by atoms with E-state index in [4.69, 9.17) is 121 Å². The maximum Gasteiger partial charge on any atom is 0.488 e. The molecule has 0 saturated heterocycles. The van der Waals surface area contributed by atoms with Gasteiger partial charge in [0.05, 0.1) is 19.8 Å². The molecule has 0 heterocycles. The van der Waals surface area contributed by atoms with Gasteiger partial charge < -0.3 is 51.7 Å². The summed E-state index contributed by atoms with van der Waals surface area (Å²) in [6, 6.07) is 3.29. The van der Waals surface area contributed by atoms with Crippen LogP contribution in [0.1, 0.15) is 42.5 Å². The Kier molecular flexibility index (Phi) is 32.9. The molecule has 0 spiro atoms. The number of rotatable bonds is 31. The molecule has 2 atom stereocenters. The van der Waals surface area contributed by atoms with Crippen molar-refractivity contribution in [3.8, 4) is 0 Å². The van der Waals surface area contributed by atoms with Gasteiger partial charge in [-0.3, -0.25) is 19.2 Å². The smallest absolute Gasteiger partial charge is 0.480 e. The average Bonchev–Trinajstić information content (AvgIpc) is 3.24. The summed E-state index contributed by atoms with van der Waals surface area (Å²) in [4.78, 5) is 48.9. The number of benzene rings is 1. The van der Waals surface area contributed by atoms with Gasteiger partial charge in [0.1, 0.15) is 17.6 Å². The first-order valence-electron chi connectivity index (χ1n) is 21.4. The second-order valence-electron chi connectivity index (χ2n) is 16.5. The maximum atomic E-state index is 12.9. The van der Waals surface area contributed by atoms with Crippen molar-refractivity contribution < 1.29 is 49.7 Å². The Morgan fingerprint density at radius 2 is 1.09 bits per heavy atom. The van der Waals surface area contributed by atoms with Crippen LogP contribution in [0, 0.1) is 0 Å². The van der Waals surface area contributed by atoms with E-state index < -0.39 is 151 Å². The highest BCUT2D eigenvalue weighted by molar-refractivity contribution is 8.26. The Bertz CT molecular complexity index is 1540. The quantitative estimate of drug-likeness (QED) is 0.0249. The zero-order chi connectivity index (χ0) is 51.9. The molecule has 0 aliphatic heterocycles. The Morgan fingerprint density at radius 3 is 1.45 bits per heavy atom. The van der Waals surface area contributed by atoms with Crippen LogP contribution in [-0.2, 0) is 14.4 Å². The molecule has 67 heavy (non-hydrogen) atoms. The molecule has 14 nitrogen and oxygen atoms in total. The van der Waals surface area contributed by atoms with Crippen LogP contribution < -0.4 is 26.7 Å². The number of unbranched alkanes of at least 4 members (excludes halogenated alkanes) is 1. The lowest BCUT2D eigenvalue weighted by Gasteiger charge is -2.49. The van der Waals surface area contributed by atoms with Gasteiger partial charge in [0.15, 0.2) is 0 Å². The van der Waals surface area contributed by atoms with Gasteiger partial charge in [-0.25, -0.2) is 0 Å². The first kappa shape index (κ1) is 65.8. The highest BCUT2D eigenvalue weighted by Crippen LogP contribution is 2.14. The Morgan fingerprint density at radius 1 is 0.642 bits per heavy atom. The molecule has 0 bridgehead atoms. The largest absolute Gasteiger partial charge is 0.488 e. The van der Waals surface area contributed by atoms with Crippen LogP contribution in [0.15, 0.2) is 24.3 Å². The van der Waals surface area contributed by atoms with Crippen molar-refractivity contribution in [2.45, 2.75) is 49.7 Å². The molecule has 0 aromatic heterocycles. The van der Waals surface area contributed by atoms with Crippen LogP contribution in [0.5, 0.6) is 0 Å². The molecule has 44 heteroatoms. The molecule has 31 radical (unpaired) electrons. The Hall–Kier alpha value is -1.19. The van der Waals surface area contributed by atoms with Crippen molar-refractivity contribution in [3.05, 3.63) is 29.8 Å². The van der Waals surface area contributed by atoms with E-state index in [9.17, 15) is 44.5 Å². The molecule has 0 saturated carbocycles. The molecule has 1 rings (SSSR count). The van der Waals surface area contributed by atoms with E-state index in [1.165, 1.54) is 31.3 Å². The zero-order valence-electron chi connectivity index (χ0n) is 38.0. The minimum atomic E-state index is -1.75. The number of carbonyl (C=O) groups excluding carboxylic acids is 3. The van der Waals surface area contributed by atoms with E-state index in [0.717, 1.165) is 0 Å². The lowest BCUT2D eigenvalue weighted by Crippen LogP contribution is -2.87. The summed E-state index contributed by atoms with van der Waals surface area (Å²) in [6.07, 6.45) is -10.7. The first-order chi connectivity index (χ1) is 31.2. The number of carbonyl (C=O) groups is 4. The highest BCUT2D eigenvalue weighted by atomic mass is 16.4. The van der Waals surface area contributed by atoms with Crippen LogP contribution in [0.2, 0.25) is 0 Å². The van der Waals surface area contributed by atoms with Crippen molar-refractivity contribution in [1.82, 2.24) is 21.3 Å². The van der Waals surface area contributed by atoms with Gasteiger partial charge in [-0.2, -0.15) is 0 Å². The summed E-state index contributed by atoms with van der Waals surface area (Å²) in [6.45, 7) is -2.07. The van der Waals surface area contributed by atoms with Crippen molar-refractivity contribution >= 4 is 242 Å². The molecule has 0 fully saturated rings. The number of likely N-dealkylation sites (N-methyl/N-ethyl adjacent to an activating group) is 1. The summed E-state index contributed by atoms with van der Waals surface area (Å²) in [5.74, 6) is -2.93. The van der Waals surface area contributed by atoms with Gasteiger partial charge in [-0.1, -0.05) is 12.1 Å². The van der Waals surface area contributed by atoms with Crippen molar-refractivity contribution in [2.75, 3.05) is 33.4 Å². The predicted octanol–water partition coefficient (Wildman–Crippen LogP) is -15.0. The van der Waals surface area contributed by atoms with Crippen molar-refractivity contribution in [1.29, 1.82) is 0 Å². The molecule has 0 unspecified atom stereocenters. The van der Waals surface area contributed by atoms with Crippen LogP contribution in [0.3, 0.4) is 0 Å². The first-order valence-corrected chi connectivity index (χ1v) is 21.4. The number of carboxylic acids is 1. The normalized spacial score (nSPS) is 11.3. The lowest BCUT2D eigenvalue weighted by molar-refractivity contribution is -0.139. The van der Waals surface area contributed by atoms with Crippen LogP contribution in [-0.4, -0.2) is 318 Å². The Balaban J connectivity index is 0.00000135. The van der Waals surface area contributed by atoms with Crippen LogP contribution >= 0.6 is 0 Å². The van der Waals surface area contributed by atoms with E-state index in [1.54, 1.807) is 7.05 Å². The SMILES string of the molecule is CN[C@@H](CCCCNC(=O)CC[C@H](NC(=O)c1ccc(B(O)O)cc1)C(=O)NC(CO)(CO)CO)C(=O)O.[B][B]B(B([B])[B])B(B(B([B])[B])B([B])[B])B(B(B([B])[B])B([B])[B])B(B([B])[B])B([B])[B]. The number of hydrogen-bond acceptors (Lipinski definition) is 10. The number of hydrogen-bond donors (Lipinski definition) is 10. The van der Waals surface area contributed by atoms with E-state index in [-0.39, 0.29) is 30.4 Å². The molecule has 0 aliphatic rings. The van der Waals surface area contributed by atoms with Gasteiger partial charge in [0.25, 0.3) is 5.91 Å². The van der Waals surface area contributed by atoms with E-state index in [1.807, 2.05) is 0 Å². The molecule has 1 aromatic rings.